The van der Waals surface area contributed by atoms with Crippen LogP contribution in [0.5, 0.6) is 0 Å². The Morgan fingerprint density at radius 2 is 1.90 bits per heavy atom. The van der Waals surface area contributed by atoms with Crippen molar-refractivity contribution in [3.63, 3.8) is 0 Å². The van der Waals surface area contributed by atoms with E-state index in [-0.39, 0.29) is 34.2 Å². The van der Waals surface area contributed by atoms with Crippen LogP contribution in [0.4, 0.5) is 18.9 Å². The van der Waals surface area contributed by atoms with E-state index in [1.54, 1.807) is 30.0 Å². The molecule has 0 aliphatic carbocycles. The standard InChI is InChI=1S/C24H29F3N6O4S2/c1-15-9-17(33(13-20(28)34)39(2,36)37)4-3-16(15)10-21(35)31-5-7-32(8-6-31)22-19-11-18(12-24(25,26)27)38-23(19)30-14-29-22/h3-4,9,11,14,19,23H,5-8,10,12-13H2,1-2H3,(H2,28,34). The SMILES string of the molecule is Cc1cc(N(CC(N)=O)S(C)(=O)=O)ccc1CC(=O)N1CCN(C2=NC=NC3SC(CC(F)(F)F)=CC23)CC1. The van der Waals surface area contributed by atoms with Crippen molar-refractivity contribution < 1.29 is 31.2 Å². The topological polar surface area (TPSA) is 129 Å². The van der Waals surface area contributed by atoms with Crippen molar-refractivity contribution >= 4 is 51.5 Å². The molecule has 2 N–H and O–H groups in total. The number of hydrogen-bond acceptors (Lipinski definition) is 8. The van der Waals surface area contributed by atoms with Gasteiger partial charge in [0.25, 0.3) is 0 Å². The fraction of sp³-hybridized carbons (Fsp3) is 0.500. The number of sulfonamides is 1. The van der Waals surface area contributed by atoms with E-state index in [1.165, 1.54) is 12.4 Å². The highest BCUT2D eigenvalue weighted by Crippen LogP contribution is 2.44. The second kappa shape index (κ2) is 11.2. The molecule has 1 saturated heterocycles. The Labute approximate surface area is 228 Å². The van der Waals surface area contributed by atoms with Gasteiger partial charge in [-0.3, -0.25) is 18.9 Å². The maximum Gasteiger partial charge on any atom is 0.393 e. The molecule has 0 saturated carbocycles. The average molecular weight is 587 g/mol. The average Bonchev–Trinajstić information content (AvgIpc) is 3.24. The number of halogens is 3. The van der Waals surface area contributed by atoms with Crippen LogP contribution in [0.25, 0.3) is 0 Å². The fourth-order valence-electron chi connectivity index (χ4n) is 4.75. The monoisotopic (exact) mass is 586 g/mol. The number of piperazine rings is 1. The summed E-state index contributed by atoms with van der Waals surface area (Å²) in [6.45, 7) is 3.10. The zero-order chi connectivity index (χ0) is 28.5. The zero-order valence-electron chi connectivity index (χ0n) is 21.4. The van der Waals surface area contributed by atoms with Crippen LogP contribution in [0.2, 0.25) is 0 Å². The number of nitrogens with zero attached hydrogens (tertiary/aromatic N) is 5. The van der Waals surface area contributed by atoms with Gasteiger partial charge in [-0.2, -0.15) is 13.2 Å². The van der Waals surface area contributed by atoms with Gasteiger partial charge in [0.1, 0.15) is 24.1 Å². The molecule has 3 aliphatic rings. The number of alkyl halides is 3. The van der Waals surface area contributed by atoms with Crippen molar-refractivity contribution in [3.8, 4) is 0 Å². The van der Waals surface area contributed by atoms with Crippen LogP contribution in [-0.4, -0.2) is 92.7 Å². The first-order valence-electron chi connectivity index (χ1n) is 12.1. The van der Waals surface area contributed by atoms with Crippen LogP contribution >= 0.6 is 11.8 Å². The molecule has 212 valence electrons. The van der Waals surface area contributed by atoms with Crippen LogP contribution in [0.1, 0.15) is 17.5 Å². The van der Waals surface area contributed by atoms with Gasteiger partial charge in [0, 0.05) is 26.2 Å². The van der Waals surface area contributed by atoms with Gasteiger partial charge in [-0.15, -0.1) is 11.8 Å². The molecule has 2 unspecified atom stereocenters. The number of benzene rings is 1. The largest absolute Gasteiger partial charge is 0.393 e. The summed E-state index contributed by atoms with van der Waals surface area (Å²) in [6.07, 6.45) is -1.17. The predicted octanol–water partition coefficient (Wildman–Crippen LogP) is 1.90. The van der Waals surface area contributed by atoms with Gasteiger partial charge < -0.3 is 15.5 Å². The summed E-state index contributed by atoms with van der Waals surface area (Å²) in [7, 11) is -3.73. The zero-order valence-corrected chi connectivity index (χ0v) is 23.0. The summed E-state index contributed by atoms with van der Waals surface area (Å²) in [5.74, 6) is -0.550. The highest BCUT2D eigenvalue weighted by atomic mass is 32.2. The summed E-state index contributed by atoms with van der Waals surface area (Å²) in [4.78, 5) is 37.0. The Morgan fingerprint density at radius 3 is 2.49 bits per heavy atom. The predicted molar refractivity (Wildman–Crippen MR) is 144 cm³/mol. The van der Waals surface area contributed by atoms with E-state index >= 15 is 0 Å². The lowest BCUT2D eigenvalue weighted by Gasteiger charge is -2.39. The molecule has 1 aromatic carbocycles. The van der Waals surface area contributed by atoms with Crippen molar-refractivity contribution in [2.24, 2.45) is 21.6 Å². The van der Waals surface area contributed by atoms with Crippen LogP contribution < -0.4 is 10.0 Å². The number of amides is 2. The second-order valence-electron chi connectivity index (χ2n) is 9.60. The molecule has 15 heteroatoms. The quantitative estimate of drug-likeness (QED) is 0.520. The van der Waals surface area contributed by atoms with Gasteiger partial charge in [0.05, 0.1) is 30.7 Å². The normalized spacial score (nSPS) is 21.4. The van der Waals surface area contributed by atoms with Crippen LogP contribution in [0.15, 0.2) is 39.2 Å². The van der Waals surface area contributed by atoms with E-state index in [1.807, 2.05) is 4.90 Å². The number of fused-ring (bicyclic) bond motifs is 1. The van der Waals surface area contributed by atoms with Gasteiger partial charge in [0.15, 0.2) is 0 Å². The Hall–Kier alpha value is -3.07. The molecule has 39 heavy (non-hydrogen) atoms. The molecule has 1 fully saturated rings. The van der Waals surface area contributed by atoms with Crippen molar-refractivity contribution in [2.75, 3.05) is 43.3 Å². The van der Waals surface area contributed by atoms with Crippen LogP contribution in [-0.2, 0) is 26.0 Å². The first-order chi connectivity index (χ1) is 18.2. The molecule has 10 nitrogen and oxygen atoms in total. The van der Waals surface area contributed by atoms with Crippen molar-refractivity contribution in [2.45, 2.75) is 31.3 Å². The number of rotatable bonds is 7. The molecular weight excluding hydrogens is 557 g/mol. The summed E-state index contributed by atoms with van der Waals surface area (Å²) in [5.41, 5.74) is 6.90. The van der Waals surface area contributed by atoms with Gasteiger partial charge in [0.2, 0.25) is 21.8 Å². The number of aliphatic imine (C=N–C) groups is 2. The van der Waals surface area contributed by atoms with E-state index in [0.29, 0.717) is 37.6 Å². The number of primary amides is 1. The minimum Gasteiger partial charge on any atom is -0.368 e. The fourth-order valence-corrected chi connectivity index (χ4v) is 6.85. The number of hydrogen-bond donors (Lipinski definition) is 1. The number of amidine groups is 1. The number of anilines is 1. The lowest BCUT2D eigenvalue weighted by Crippen LogP contribution is -2.53. The first-order valence-corrected chi connectivity index (χ1v) is 14.9. The molecule has 3 heterocycles. The smallest absolute Gasteiger partial charge is 0.368 e. The summed E-state index contributed by atoms with van der Waals surface area (Å²) >= 11 is 1.12. The van der Waals surface area contributed by atoms with Crippen molar-refractivity contribution in [3.05, 3.63) is 40.3 Å². The molecule has 0 aromatic heterocycles. The van der Waals surface area contributed by atoms with E-state index in [0.717, 1.165) is 27.9 Å². The minimum atomic E-state index is -4.28. The van der Waals surface area contributed by atoms with Gasteiger partial charge in [-0.25, -0.2) is 13.4 Å². The molecule has 2 amide bonds. The third-order valence-corrected chi connectivity index (χ3v) is 9.01. The highest BCUT2D eigenvalue weighted by molar-refractivity contribution is 8.04. The molecule has 2 atom stereocenters. The first kappa shape index (κ1) is 28.9. The third kappa shape index (κ3) is 7.12. The number of carbonyl (C=O) groups excluding carboxylic acids is 2. The number of nitrogens with two attached hydrogens (primary N) is 1. The third-order valence-electron chi connectivity index (χ3n) is 6.63. The van der Waals surface area contributed by atoms with Gasteiger partial charge >= 0.3 is 6.18 Å². The van der Waals surface area contributed by atoms with Gasteiger partial charge in [-0.1, -0.05) is 12.1 Å². The number of thioether (sulfide) groups is 1. The number of allylic oxidation sites excluding steroid dienone is 1. The lowest BCUT2D eigenvalue weighted by molar-refractivity contribution is -0.131. The Balaban J connectivity index is 1.37. The maximum absolute atomic E-state index is 13.1. The maximum atomic E-state index is 13.1. The van der Waals surface area contributed by atoms with Crippen LogP contribution in [0.3, 0.4) is 0 Å². The second-order valence-corrected chi connectivity index (χ2v) is 12.8. The molecule has 4 rings (SSSR count). The summed E-state index contributed by atoms with van der Waals surface area (Å²) in [6, 6.07) is 4.80. The van der Waals surface area contributed by atoms with E-state index in [4.69, 9.17) is 5.73 Å². The Bertz CT molecular complexity index is 1340. The molecular formula is C24H29F3N6O4S2. The van der Waals surface area contributed by atoms with Crippen molar-refractivity contribution in [1.82, 2.24) is 9.80 Å². The van der Waals surface area contributed by atoms with Crippen molar-refractivity contribution in [1.29, 1.82) is 0 Å². The van der Waals surface area contributed by atoms with E-state index < -0.39 is 35.1 Å². The molecule has 0 radical (unpaired) electrons. The van der Waals surface area contributed by atoms with E-state index in [9.17, 15) is 31.2 Å². The molecule has 0 spiro atoms. The summed E-state index contributed by atoms with van der Waals surface area (Å²) < 4.78 is 63.7. The number of carbonyl (C=O) groups is 2. The van der Waals surface area contributed by atoms with E-state index in [2.05, 4.69) is 9.98 Å². The Kier molecular flexibility index (Phi) is 8.30. The van der Waals surface area contributed by atoms with Crippen LogP contribution in [0, 0.1) is 12.8 Å². The highest BCUT2D eigenvalue weighted by Gasteiger charge is 2.40. The minimum absolute atomic E-state index is 0.101. The molecule has 3 aliphatic heterocycles. The summed E-state index contributed by atoms with van der Waals surface area (Å²) in [5, 5.41) is -0.359. The number of aryl methyl sites for hydroxylation is 1. The Morgan fingerprint density at radius 1 is 1.21 bits per heavy atom. The molecule has 1 aromatic rings. The lowest BCUT2D eigenvalue weighted by atomic mass is 10.0. The molecule has 0 bridgehead atoms. The van der Waals surface area contributed by atoms with Gasteiger partial charge in [-0.05, 0) is 35.1 Å².